The van der Waals surface area contributed by atoms with Crippen LogP contribution in [0.2, 0.25) is 0 Å². The molecule has 2 aromatic carbocycles. The molecule has 0 fully saturated rings. The number of hydrogen-bond donors (Lipinski definition) is 1. The molecule has 5 heteroatoms. The highest BCUT2D eigenvalue weighted by molar-refractivity contribution is 9.10. The molecule has 0 atom stereocenters. The monoisotopic (exact) mass is 325 g/mol. The number of benzene rings is 2. The van der Waals surface area contributed by atoms with Crippen molar-refractivity contribution in [3.63, 3.8) is 0 Å². The van der Waals surface area contributed by atoms with E-state index < -0.39 is 5.82 Å². The number of ether oxygens (including phenoxy) is 2. The first kappa shape index (κ1) is 13.8. The van der Waals surface area contributed by atoms with Gasteiger partial charge in [-0.1, -0.05) is 18.2 Å². The molecule has 0 aliphatic rings. The van der Waals surface area contributed by atoms with Gasteiger partial charge in [0.2, 0.25) is 0 Å². The number of nitrogens with two attached hydrogens (primary N) is 1. The summed E-state index contributed by atoms with van der Waals surface area (Å²) in [7, 11) is 1.53. The van der Waals surface area contributed by atoms with Gasteiger partial charge in [0.05, 0.1) is 11.6 Å². The number of rotatable bonds is 4. The van der Waals surface area contributed by atoms with Gasteiger partial charge < -0.3 is 15.2 Å². The third kappa shape index (κ3) is 2.88. The summed E-state index contributed by atoms with van der Waals surface area (Å²) in [6, 6.07) is 10.3. The zero-order chi connectivity index (χ0) is 13.8. The minimum absolute atomic E-state index is 0.119. The van der Waals surface area contributed by atoms with Crippen molar-refractivity contribution in [1.29, 1.82) is 0 Å². The topological polar surface area (TPSA) is 44.5 Å². The van der Waals surface area contributed by atoms with E-state index in [4.69, 9.17) is 15.2 Å². The van der Waals surface area contributed by atoms with Gasteiger partial charge in [-0.25, -0.2) is 4.39 Å². The second-order valence-electron chi connectivity index (χ2n) is 3.81. The van der Waals surface area contributed by atoms with E-state index in [1.165, 1.54) is 7.11 Å². The van der Waals surface area contributed by atoms with Crippen molar-refractivity contribution in [1.82, 2.24) is 0 Å². The predicted octanol–water partition coefficient (Wildman–Crippen LogP) is 3.85. The van der Waals surface area contributed by atoms with E-state index in [0.717, 1.165) is 0 Å². The van der Waals surface area contributed by atoms with Crippen LogP contribution in [-0.4, -0.2) is 7.11 Å². The molecular formula is C14H13BrFNO2. The summed E-state index contributed by atoms with van der Waals surface area (Å²) in [5.41, 5.74) is 6.20. The van der Waals surface area contributed by atoms with E-state index in [1.54, 1.807) is 30.3 Å². The summed E-state index contributed by atoms with van der Waals surface area (Å²) < 4.78 is 25.1. The van der Waals surface area contributed by atoms with Crippen LogP contribution in [0.25, 0.3) is 0 Å². The van der Waals surface area contributed by atoms with E-state index in [2.05, 4.69) is 15.9 Å². The maximum atomic E-state index is 14.1. The first-order valence-corrected chi connectivity index (χ1v) is 6.44. The molecular weight excluding hydrogens is 313 g/mol. The van der Waals surface area contributed by atoms with E-state index >= 15 is 0 Å². The van der Waals surface area contributed by atoms with Gasteiger partial charge >= 0.3 is 0 Å². The third-order valence-corrected chi connectivity index (χ3v) is 3.49. The lowest BCUT2D eigenvalue weighted by Crippen LogP contribution is -2.00. The standard InChI is InChI=1S/C14H13BrFNO2/c1-18-10-4-2-3-5-11(10)19-12-7-6-9(8-17)13(15)14(12)16/h2-7H,8,17H2,1H3. The molecule has 0 aromatic heterocycles. The van der Waals surface area contributed by atoms with Crippen LogP contribution in [0.1, 0.15) is 5.56 Å². The molecule has 0 heterocycles. The SMILES string of the molecule is COc1ccccc1Oc1ccc(CN)c(Br)c1F. The van der Waals surface area contributed by atoms with Crippen molar-refractivity contribution in [3.05, 3.63) is 52.3 Å². The summed E-state index contributed by atoms with van der Waals surface area (Å²) in [5.74, 6) is 0.639. The summed E-state index contributed by atoms with van der Waals surface area (Å²) in [5, 5.41) is 0. The van der Waals surface area contributed by atoms with Crippen LogP contribution in [0.5, 0.6) is 17.2 Å². The molecule has 2 N–H and O–H groups in total. The summed E-state index contributed by atoms with van der Waals surface area (Å²) >= 11 is 3.17. The van der Waals surface area contributed by atoms with Crippen LogP contribution in [0, 0.1) is 5.82 Å². The van der Waals surface area contributed by atoms with Gasteiger partial charge in [-0.3, -0.25) is 0 Å². The van der Waals surface area contributed by atoms with Crippen LogP contribution in [0.3, 0.4) is 0 Å². The molecule has 100 valence electrons. The minimum Gasteiger partial charge on any atom is -0.493 e. The molecule has 19 heavy (non-hydrogen) atoms. The Morgan fingerprint density at radius 1 is 1.11 bits per heavy atom. The first-order valence-electron chi connectivity index (χ1n) is 5.65. The molecule has 2 rings (SSSR count). The highest BCUT2D eigenvalue weighted by Crippen LogP contribution is 2.35. The molecule has 0 aliphatic carbocycles. The number of methoxy groups -OCH3 is 1. The Labute approximate surface area is 119 Å². The van der Waals surface area contributed by atoms with Gasteiger partial charge in [-0.15, -0.1) is 0 Å². The molecule has 0 spiro atoms. The quantitative estimate of drug-likeness (QED) is 0.928. The Kier molecular flexibility index (Phi) is 4.39. The average molecular weight is 326 g/mol. The highest BCUT2D eigenvalue weighted by atomic mass is 79.9. The Balaban J connectivity index is 2.36. The smallest absolute Gasteiger partial charge is 0.180 e. The zero-order valence-corrected chi connectivity index (χ0v) is 11.9. The lowest BCUT2D eigenvalue weighted by molar-refractivity contribution is 0.370. The molecule has 3 nitrogen and oxygen atoms in total. The zero-order valence-electron chi connectivity index (χ0n) is 10.3. The predicted molar refractivity (Wildman–Crippen MR) is 75.1 cm³/mol. The van der Waals surface area contributed by atoms with Crippen molar-refractivity contribution in [2.45, 2.75) is 6.54 Å². The van der Waals surface area contributed by atoms with E-state index in [-0.39, 0.29) is 12.3 Å². The van der Waals surface area contributed by atoms with Gasteiger partial charge in [0, 0.05) is 6.54 Å². The molecule has 0 saturated heterocycles. The molecule has 0 amide bonds. The molecule has 0 bridgehead atoms. The average Bonchev–Trinajstić information content (AvgIpc) is 2.45. The Bertz CT molecular complexity index is 590. The van der Waals surface area contributed by atoms with Crippen molar-refractivity contribution < 1.29 is 13.9 Å². The van der Waals surface area contributed by atoms with Gasteiger partial charge in [0.1, 0.15) is 0 Å². The Morgan fingerprint density at radius 3 is 2.42 bits per heavy atom. The highest BCUT2D eigenvalue weighted by Gasteiger charge is 2.13. The lowest BCUT2D eigenvalue weighted by atomic mass is 10.2. The molecule has 0 unspecified atom stereocenters. The van der Waals surface area contributed by atoms with Crippen LogP contribution < -0.4 is 15.2 Å². The second kappa shape index (κ2) is 6.04. The normalized spacial score (nSPS) is 10.3. The molecule has 0 radical (unpaired) electrons. The second-order valence-corrected chi connectivity index (χ2v) is 4.60. The molecule has 2 aromatic rings. The third-order valence-electron chi connectivity index (χ3n) is 2.64. The van der Waals surface area contributed by atoms with Crippen molar-refractivity contribution in [3.8, 4) is 17.2 Å². The van der Waals surface area contributed by atoms with Crippen LogP contribution in [0.15, 0.2) is 40.9 Å². The maximum Gasteiger partial charge on any atom is 0.180 e. The number of halogens is 2. The van der Waals surface area contributed by atoms with Gasteiger partial charge in [-0.2, -0.15) is 0 Å². The van der Waals surface area contributed by atoms with E-state index in [9.17, 15) is 4.39 Å². The maximum absolute atomic E-state index is 14.1. The lowest BCUT2D eigenvalue weighted by Gasteiger charge is -2.12. The number of para-hydroxylation sites is 2. The van der Waals surface area contributed by atoms with Crippen LogP contribution in [0.4, 0.5) is 4.39 Å². The van der Waals surface area contributed by atoms with Crippen molar-refractivity contribution in [2.24, 2.45) is 5.73 Å². The van der Waals surface area contributed by atoms with Gasteiger partial charge in [0.15, 0.2) is 23.1 Å². The largest absolute Gasteiger partial charge is 0.493 e. The van der Waals surface area contributed by atoms with E-state index in [1.807, 2.05) is 6.07 Å². The molecule has 0 aliphatic heterocycles. The number of hydrogen-bond acceptors (Lipinski definition) is 3. The Morgan fingerprint density at radius 2 is 1.79 bits per heavy atom. The van der Waals surface area contributed by atoms with Crippen LogP contribution >= 0.6 is 15.9 Å². The van der Waals surface area contributed by atoms with Gasteiger partial charge in [-0.05, 0) is 39.7 Å². The summed E-state index contributed by atoms with van der Waals surface area (Å²) in [4.78, 5) is 0. The first-order chi connectivity index (χ1) is 9.17. The Hall–Kier alpha value is -1.59. The fraction of sp³-hybridized carbons (Fsp3) is 0.143. The van der Waals surface area contributed by atoms with Crippen LogP contribution in [-0.2, 0) is 6.54 Å². The van der Waals surface area contributed by atoms with Gasteiger partial charge in [0.25, 0.3) is 0 Å². The summed E-state index contributed by atoms with van der Waals surface area (Å²) in [6.45, 7) is 0.256. The minimum atomic E-state index is -0.478. The fourth-order valence-electron chi connectivity index (χ4n) is 1.63. The van der Waals surface area contributed by atoms with E-state index in [0.29, 0.717) is 21.5 Å². The van der Waals surface area contributed by atoms with Crippen molar-refractivity contribution >= 4 is 15.9 Å². The summed E-state index contributed by atoms with van der Waals surface area (Å²) in [6.07, 6.45) is 0. The fourth-order valence-corrected chi connectivity index (χ4v) is 2.12. The molecule has 0 saturated carbocycles. The van der Waals surface area contributed by atoms with Crippen molar-refractivity contribution in [2.75, 3.05) is 7.11 Å².